The molecule has 0 spiro atoms. The summed E-state index contributed by atoms with van der Waals surface area (Å²) in [5.74, 6) is 1.66. The van der Waals surface area contributed by atoms with E-state index in [1.807, 2.05) is 21.7 Å². The minimum atomic E-state index is 0.182. The molecule has 1 aliphatic rings. The number of hydrogen-bond acceptors (Lipinski definition) is 1. The Kier molecular flexibility index (Phi) is 5.30. The summed E-state index contributed by atoms with van der Waals surface area (Å²) < 4.78 is 3.01. The number of aryl methyl sites for hydroxylation is 1. The smallest absolute Gasteiger partial charge is 0.270 e. The van der Waals surface area contributed by atoms with Crippen LogP contribution in [-0.2, 0) is 6.54 Å². The van der Waals surface area contributed by atoms with Crippen molar-refractivity contribution in [3.05, 3.63) is 22.4 Å². The summed E-state index contributed by atoms with van der Waals surface area (Å²) in [7, 11) is 0. The van der Waals surface area contributed by atoms with Crippen LogP contribution in [0, 0.1) is 11.8 Å². The highest BCUT2D eigenvalue weighted by atomic mass is 79.9. The van der Waals surface area contributed by atoms with E-state index in [0.29, 0.717) is 0 Å². The first-order chi connectivity index (χ1) is 9.52. The number of likely N-dealkylation sites (tertiary alicyclic amines) is 1. The lowest BCUT2D eigenvalue weighted by atomic mass is 9.89. The third-order valence-electron chi connectivity index (χ3n) is 4.43. The Balaban J connectivity index is 2.09. The number of carbonyl (C=O) groups excluding carboxylic acids is 1. The molecule has 3 nitrogen and oxygen atoms in total. The van der Waals surface area contributed by atoms with Crippen molar-refractivity contribution in [2.24, 2.45) is 11.8 Å². The van der Waals surface area contributed by atoms with Crippen LogP contribution >= 0.6 is 15.9 Å². The van der Waals surface area contributed by atoms with Crippen LogP contribution in [0.15, 0.2) is 16.7 Å². The van der Waals surface area contributed by atoms with E-state index in [1.54, 1.807) is 0 Å². The lowest BCUT2D eigenvalue weighted by Gasteiger charge is -2.22. The van der Waals surface area contributed by atoms with Crippen molar-refractivity contribution in [1.82, 2.24) is 9.47 Å². The molecule has 1 fully saturated rings. The Hall–Kier alpha value is -0.770. The standard InChI is InChI=1S/C16H25BrN2O/c1-4-18-11-14(17)10-15(18)16(20)19-8-5-6-13(7-9-19)12(2)3/h10-13H,4-9H2,1-3H3. The van der Waals surface area contributed by atoms with Crippen molar-refractivity contribution in [2.75, 3.05) is 13.1 Å². The van der Waals surface area contributed by atoms with Gasteiger partial charge in [0.05, 0.1) is 0 Å². The van der Waals surface area contributed by atoms with E-state index < -0.39 is 0 Å². The van der Waals surface area contributed by atoms with Gasteiger partial charge in [0.25, 0.3) is 5.91 Å². The van der Waals surface area contributed by atoms with Gasteiger partial charge in [0.2, 0.25) is 0 Å². The maximum absolute atomic E-state index is 12.7. The molecule has 1 aliphatic heterocycles. The predicted molar refractivity (Wildman–Crippen MR) is 85.9 cm³/mol. The summed E-state index contributed by atoms with van der Waals surface area (Å²) in [5.41, 5.74) is 0.808. The fourth-order valence-corrected chi connectivity index (χ4v) is 3.53. The first-order valence-electron chi connectivity index (χ1n) is 7.67. The fraction of sp³-hybridized carbons (Fsp3) is 0.688. The van der Waals surface area contributed by atoms with Crippen LogP contribution in [0.1, 0.15) is 50.5 Å². The second-order valence-corrected chi connectivity index (χ2v) is 6.97. The normalized spacial score (nSPS) is 20.2. The number of carbonyl (C=O) groups is 1. The molecule has 1 aromatic heterocycles. The molecule has 0 aromatic carbocycles. The van der Waals surface area contributed by atoms with Crippen LogP contribution < -0.4 is 0 Å². The molecule has 0 radical (unpaired) electrons. The van der Waals surface area contributed by atoms with Crippen molar-refractivity contribution in [2.45, 2.75) is 46.6 Å². The van der Waals surface area contributed by atoms with Crippen molar-refractivity contribution < 1.29 is 4.79 Å². The van der Waals surface area contributed by atoms with Gasteiger partial charge in [-0.3, -0.25) is 4.79 Å². The Labute approximate surface area is 130 Å². The lowest BCUT2D eigenvalue weighted by Crippen LogP contribution is -2.33. The van der Waals surface area contributed by atoms with E-state index in [2.05, 4.69) is 36.7 Å². The van der Waals surface area contributed by atoms with Crippen molar-refractivity contribution >= 4 is 21.8 Å². The summed E-state index contributed by atoms with van der Waals surface area (Å²) >= 11 is 3.47. The van der Waals surface area contributed by atoms with Crippen molar-refractivity contribution in [1.29, 1.82) is 0 Å². The van der Waals surface area contributed by atoms with Gasteiger partial charge in [-0.1, -0.05) is 13.8 Å². The molecule has 0 aliphatic carbocycles. The molecule has 1 saturated heterocycles. The summed E-state index contributed by atoms with van der Waals surface area (Å²) in [6, 6.07) is 1.94. The highest BCUT2D eigenvalue weighted by Crippen LogP contribution is 2.26. The average Bonchev–Trinajstić information content (AvgIpc) is 2.64. The third-order valence-corrected chi connectivity index (χ3v) is 4.86. The maximum Gasteiger partial charge on any atom is 0.270 e. The molecule has 2 rings (SSSR count). The van der Waals surface area contributed by atoms with Crippen molar-refractivity contribution in [3.63, 3.8) is 0 Å². The molecule has 1 amide bonds. The van der Waals surface area contributed by atoms with Crippen molar-refractivity contribution in [3.8, 4) is 0 Å². The van der Waals surface area contributed by atoms with Crippen LogP contribution in [0.4, 0.5) is 0 Å². The summed E-state index contributed by atoms with van der Waals surface area (Å²) in [6.45, 7) is 9.28. The highest BCUT2D eigenvalue weighted by Gasteiger charge is 2.24. The highest BCUT2D eigenvalue weighted by molar-refractivity contribution is 9.10. The van der Waals surface area contributed by atoms with Crippen LogP contribution in [0.25, 0.3) is 0 Å². The van der Waals surface area contributed by atoms with Crippen LogP contribution in [0.5, 0.6) is 0 Å². The molecular weight excluding hydrogens is 316 g/mol. The monoisotopic (exact) mass is 340 g/mol. The summed E-state index contributed by atoms with van der Waals surface area (Å²) in [5, 5.41) is 0. The van der Waals surface area contributed by atoms with E-state index in [0.717, 1.165) is 54.5 Å². The van der Waals surface area contributed by atoms with E-state index in [9.17, 15) is 4.79 Å². The van der Waals surface area contributed by atoms with Gasteiger partial charge in [-0.15, -0.1) is 0 Å². The SMILES string of the molecule is CCn1cc(Br)cc1C(=O)N1CCCC(C(C)C)CC1. The van der Waals surface area contributed by atoms with Crippen LogP contribution in [-0.4, -0.2) is 28.5 Å². The van der Waals surface area contributed by atoms with Gasteiger partial charge in [0, 0.05) is 30.3 Å². The third kappa shape index (κ3) is 3.46. The largest absolute Gasteiger partial charge is 0.343 e. The molecule has 1 aromatic rings. The minimum Gasteiger partial charge on any atom is -0.343 e. The molecule has 0 N–H and O–H groups in total. The second kappa shape index (κ2) is 6.79. The molecular formula is C16H25BrN2O. The number of rotatable bonds is 3. The Bertz CT molecular complexity index is 467. The second-order valence-electron chi connectivity index (χ2n) is 6.06. The average molecular weight is 341 g/mol. The predicted octanol–water partition coefficient (Wildman–Crippen LogP) is 4.17. The number of halogens is 1. The van der Waals surface area contributed by atoms with Crippen LogP contribution in [0.3, 0.4) is 0 Å². The van der Waals surface area contributed by atoms with E-state index >= 15 is 0 Å². The topological polar surface area (TPSA) is 25.2 Å². The van der Waals surface area contributed by atoms with Gasteiger partial charge in [-0.25, -0.2) is 0 Å². The Morgan fingerprint density at radius 1 is 1.40 bits per heavy atom. The van der Waals surface area contributed by atoms with E-state index in [1.165, 1.54) is 6.42 Å². The number of nitrogens with zero attached hydrogens (tertiary/aromatic N) is 2. The van der Waals surface area contributed by atoms with Gasteiger partial charge in [0.1, 0.15) is 5.69 Å². The molecule has 1 unspecified atom stereocenters. The molecule has 2 heterocycles. The molecule has 1 atom stereocenters. The minimum absolute atomic E-state index is 0.182. The Morgan fingerprint density at radius 2 is 2.15 bits per heavy atom. The van der Waals surface area contributed by atoms with Gasteiger partial charge < -0.3 is 9.47 Å². The summed E-state index contributed by atoms with van der Waals surface area (Å²) in [4.78, 5) is 14.7. The molecule has 20 heavy (non-hydrogen) atoms. The lowest BCUT2D eigenvalue weighted by molar-refractivity contribution is 0.0748. The quantitative estimate of drug-likeness (QED) is 0.810. The first-order valence-corrected chi connectivity index (χ1v) is 8.47. The fourth-order valence-electron chi connectivity index (χ4n) is 3.07. The maximum atomic E-state index is 12.7. The molecule has 4 heteroatoms. The zero-order valence-corrected chi connectivity index (χ0v) is 14.3. The number of aromatic nitrogens is 1. The molecule has 0 saturated carbocycles. The van der Waals surface area contributed by atoms with Gasteiger partial charge in [0.15, 0.2) is 0 Å². The zero-order chi connectivity index (χ0) is 14.7. The molecule has 112 valence electrons. The van der Waals surface area contributed by atoms with Gasteiger partial charge >= 0.3 is 0 Å². The Morgan fingerprint density at radius 3 is 2.80 bits per heavy atom. The van der Waals surface area contributed by atoms with E-state index in [4.69, 9.17) is 0 Å². The summed E-state index contributed by atoms with van der Waals surface area (Å²) in [6.07, 6.45) is 5.50. The van der Waals surface area contributed by atoms with Gasteiger partial charge in [-0.05, 0) is 60.0 Å². The van der Waals surface area contributed by atoms with E-state index in [-0.39, 0.29) is 5.91 Å². The van der Waals surface area contributed by atoms with Gasteiger partial charge in [-0.2, -0.15) is 0 Å². The number of amides is 1. The van der Waals surface area contributed by atoms with Crippen LogP contribution in [0.2, 0.25) is 0 Å². The molecule has 0 bridgehead atoms. The zero-order valence-electron chi connectivity index (χ0n) is 12.7. The first kappa shape index (κ1) is 15.6. The number of hydrogen-bond donors (Lipinski definition) is 0.